The van der Waals surface area contributed by atoms with Crippen molar-refractivity contribution >= 4 is 12.0 Å². The first kappa shape index (κ1) is 23.3. The minimum atomic E-state index is -0.420. The van der Waals surface area contributed by atoms with E-state index in [2.05, 4.69) is 20.9 Å². The lowest BCUT2D eigenvalue weighted by Crippen LogP contribution is -2.31. The van der Waals surface area contributed by atoms with Gasteiger partial charge in [0.15, 0.2) is 11.6 Å². The third-order valence-electron chi connectivity index (χ3n) is 4.47. The molecule has 0 bridgehead atoms. The van der Waals surface area contributed by atoms with E-state index < -0.39 is 5.82 Å². The minimum Gasteiger partial charge on any atom is -0.489 e. The molecule has 0 aromatic heterocycles. The summed E-state index contributed by atoms with van der Waals surface area (Å²) in [5.74, 6) is -0.191. The summed E-state index contributed by atoms with van der Waals surface area (Å²) < 4.78 is 20.2. The van der Waals surface area contributed by atoms with Gasteiger partial charge in [-0.15, -0.1) is 0 Å². The highest BCUT2D eigenvalue weighted by molar-refractivity contribution is 5.72. The van der Waals surface area contributed by atoms with Crippen LogP contribution < -0.4 is 4.74 Å². The molecule has 0 amide bonds. The van der Waals surface area contributed by atoms with Crippen molar-refractivity contribution < 1.29 is 9.13 Å². The average molecular weight is 412 g/mol. The molecule has 30 heavy (non-hydrogen) atoms. The van der Waals surface area contributed by atoms with E-state index in [1.54, 1.807) is 35.5 Å². The number of likely N-dealkylation sites (N-methyl/N-ethyl adjacent to an activating group) is 2. The molecule has 0 aliphatic heterocycles. The lowest BCUT2D eigenvalue weighted by atomic mass is 10.0. The van der Waals surface area contributed by atoms with E-state index >= 15 is 0 Å². The Hall–Kier alpha value is -2.95. The molecule has 0 fully saturated rings. The number of nitrogens with zero attached hydrogens (tertiary/aromatic N) is 5. The van der Waals surface area contributed by atoms with Gasteiger partial charge in [-0.05, 0) is 56.5 Å². The maximum atomic E-state index is 14.5. The van der Waals surface area contributed by atoms with Crippen molar-refractivity contribution in [3.63, 3.8) is 0 Å². The molecule has 0 radical (unpaired) electrons. The van der Waals surface area contributed by atoms with Crippen LogP contribution in [0.5, 0.6) is 5.75 Å². The average Bonchev–Trinajstić information content (AvgIpc) is 2.71. The molecule has 2 aromatic carbocycles. The molecule has 0 spiro atoms. The number of hydrogen-bond donors (Lipinski definition) is 0. The molecule has 7 heteroatoms. The van der Waals surface area contributed by atoms with E-state index in [-0.39, 0.29) is 5.75 Å². The summed E-state index contributed by atoms with van der Waals surface area (Å²) >= 11 is 0. The minimum absolute atomic E-state index is 0.229. The Morgan fingerprint density at radius 2 is 1.70 bits per heavy atom. The summed E-state index contributed by atoms with van der Waals surface area (Å²) in [5.41, 5.74) is 2.45. The molecular formula is C23H30FN5O. The lowest BCUT2D eigenvalue weighted by Gasteiger charge is -2.19. The number of aliphatic imine (C=N–C) groups is 1. The number of nitriles is 1. The third-order valence-corrected chi connectivity index (χ3v) is 4.47. The van der Waals surface area contributed by atoms with Crippen LogP contribution in [0.1, 0.15) is 5.56 Å². The molecule has 0 aliphatic rings. The number of hydrogen-bond acceptors (Lipinski definition) is 5. The monoisotopic (exact) mass is 411 g/mol. The van der Waals surface area contributed by atoms with Crippen LogP contribution in [0.3, 0.4) is 0 Å². The highest BCUT2D eigenvalue weighted by Gasteiger charge is 2.09. The van der Waals surface area contributed by atoms with Gasteiger partial charge in [0.2, 0.25) is 0 Å². The Morgan fingerprint density at radius 3 is 2.33 bits per heavy atom. The maximum Gasteiger partial charge on any atom is 0.165 e. The van der Waals surface area contributed by atoms with Gasteiger partial charge in [0, 0.05) is 33.7 Å². The predicted octanol–water partition coefficient (Wildman–Crippen LogP) is 3.46. The Bertz CT molecular complexity index is 905. The SMILES string of the molecule is CN(C)/C=N\c1ccc(-c2ccc(OCCN(C)CCN(C)C)c(F)c2)cc1C#N. The second-order valence-electron chi connectivity index (χ2n) is 7.65. The molecule has 0 saturated carbocycles. The van der Waals surface area contributed by atoms with Crippen molar-refractivity contribution in [3.05, 3.63) is 47.8 Å². The second kappa shape index (κ2) is 11.3. The normalized spacial score (nSPS) is 11.3. The zero-order valence-corrected chi connectivity index (χ0v) is 18.4. The molecule has 0 heterocycles. The zero-order valence-electron chi connectivity index (χ0n) is 18.4. The Morgan fingerprint density at radius 1 is 1.00 bits per heavy atom. The highest BCUT2D eigenvalue weighted by atomic mass is 19.1. The van der Waals surface area contributed by atoms with Gasteiger partial charge < -0.3 is 19.4 Å². The fraction of sp³-hybridized carbons (Fsp3) is 0.391. The number of halogens is 1. The second-order valence-corrected chi connectivity index (χ2v) is 7.65. The first-order valence-electron chi connectivity index (χ1n) is 9.81. The van der Waals surface area contributed by atoms with E-state index in [9.17, 15) is 9.65 Å². The van der Waals surface area contributed by atoms with E-state index in [0.717, 1.165) is 25.2 Å². The number of rotatable bonds is 10. The van der Waals surface area contributed by atoms with Gasteiger partial charge in [-0.25, -0.2) is 9.38 Å². The molecule has 0 saturated heterocycles. The maximum absolute atomic E-state index is 14.5. The van der Waals surface area contributed by atoms with Crippen molar-refractivity contribution in [1.29, 1.82) is 5.26 Å². The van der Waals surface area contributed by atoms with Gasteiger partial charge in [-0.3, -0.25) is 0 Å². The molecule has 160 valence electrons. The molecule has 0 aliphatic carbocycles. The zero-order chi connectivity index (χ0) is 22.1. The van der Waals surface area contributed by atoms with E-state index in [4.69, 9.17) is 4.74 Å². The summed E-state index contributed by atoms with van der Waals surface area (Å²) in [6.45, 7) is 3.02. The van der Waals surface area contributed by atoms with E-state index in [1.807, 2.05) is 41.3 Å². The Labute approximate surface area is 178 Å². The van der Waals surface area contributed by atoms with Gasteiger partial charge in [-0.2, -0.15) is 5.26 Å². The van der Waals surface area contributed by atoms with Crippen LogP contribution >= 0.6 is 0 Å². The van der Waals surface area contributed by atoms with Crippen LogP contribution in [0.15, 0.2) is 41.4 Å². The standard InChI is InChI=1S/C23H30FN5O/c1-27(2)10-11-29(5)12-13-30-23-9-7-19(15-21(23)24)18-6-8-22(20(14-18)16-25)26-17-28(3)4/h6-9,14-15,17H,10-13H2,1-5H3/b26-17-. The van der Waals surface area contributed by atoms with Crippen molar-refractivity contribution in [2.45, 2.75) is 0 Å². The largest absolute Gasteiger partial charge is 0.489 e. The van der Waals surface area contributed by atoms with Crippen LogP contribution in [0, 0.1) is 17.1 Å². The van der Waals surface area contributed by atoms with Gasteiger partial charge in [-0.1, -0.05) is 12.1 Å². The van der Waals surface area contributed by atoms with Crippen molar-refractivity contribution in [1.82, 2.24) is 14.7 Å². The molecule has 0 atom stereocenters. The first-order valence-corrected chi connectivity index (χ1v) is 9.81. The van der Waals surface area contributed by atoms with Gasteiger partial charge >= 0.3 is 0 Å². The third kappa shape index (κ3) is 7.14. The molecule has 0 unspecified atom stereocenters. The van der Waals surface area contributed by atoms with Gasteiger partial charge in [0.1, 0.15) is 12.7 Å². The molecule has 6 nitrogen and oxygen atoms in total. The van der Waals surface area contributed by atoms with Gasteiger partial charge in [0.25, 0.3) is 0 Å². The fourth-order valence-corrected chi connectivity index (χ4v) is 2.69. The van der Waals surface area contributed by atoms with Crippen molar-refractivity contribution in [2.75, 3.05) is 61.5 Å². The summed E-state index contributed by atoms with van der Waals surface area (Å²) in [6, 6.07) is 12.3. The first-order chi connectivity index (χ1) is 14.3. The van der Waals surface area contributed by atoms with Crippen LogP contribution in [-0.4, -0.2) is 82.5 Å². The summed E-state index contributed by atoms with van der Waals surface area (Å²) in [6.07, 6.45) is 1.64. The highest BCUT2D eigenvalue weighted by Crippen LogP contribution is 2.29. The predicted molar refractivity (Wildman–Crippen MR) is 120 cm³/mol. The van der Waals surface area contributed by atoms with Crippen molar-refractivity contribution in [3.8, 4) is 22.9 Å². The van der Waals surface area contributed by atoms with E-state index in [1.165, 1.54) is 6.07 Å². The topological polar surface area (TPSA) is 55.1 Å². The lowest BCUT2D eigenvalue weighted by molar-refractivity contribution is 0.217. The molecule has 0 N–H and O–H groups in total. The summed E-state index contributed by atoms with van der Waals surface area (Å²) in [7, 11) is 9.80. The Balaban J connectivity index is 2.05. The number of benzene rings is 2. The molecule has 2 rings (SSSR count). The summed E-state index contributed by atoms with van der Waals surface area (Å²) in [5, 5.41) is 9.43. The van der Waals surface area contributed by atoms with E-state index in [0.29, 0.717) is 23.4 Å². The smallest absolute Gasteiger partial charge is 0.165 e. The van der Waals surface area contributed by atoms with Crippen LogP contribution in [0.25, 0.3) is 11.1 Å². The van der Waals surface area contributed by atoms with Crippen molar-refractivity contribution in [2.24, 2.45) is 4.99 Å². The molecule has 2 aromatic rings. The quantitative estimate of drug-likeness (QED) is 0.443. The van der Waals surface area contributed by atoms with Gasteiger partial charge in [0.05, 0.1) is 17.6 Å². The fourth-order valence-electron chi connectivity index (χ4n) is 2.69. The van der Waals surface area contributed by atoms with Crippen LogP contribution in [-0.2, 0) is 0 Å². The Kier molecular flexibility index (Phi) is 8.78. The number of ether oxygens (including phenoxy) is 1. The molecular weight excluding hydrogens is 381 g/mol. The van der Waals surface area contributed by atoms with Crippen LogP contribution in [0.4, 0.5) is 10.1 Å². The summed E-state index contributed by atoms with van der Waals surface area (Å²) in [4.78, 5) is 10.4. The van der Waals surface area contributed by atoms with Crippen LogP contribution in [0.2, 0.25) is 0 Å².